The molecule has 0 aliphatic rings. The lowest BCUT2D eigenvalue weighted by Crippen LogP contribution is -2.07. The normalized spacial score (nSPS) is 10.2. The predicted octanol–water partition coefficient (Wildman–Crippen LogP) is 1.41. The van der Waals surface area contributed by atoms with E-state index in [-0.39, 0.29) is 17.9 Å². The van der Waals surface area contributed by atoms with Crippen LogP contribution in [0.2, 0.25) is 0 Å². The van der Waals surface area contributed by atoms with Gasteiger partial charge in [0.25, 0.3) is 0 Å². The maximum Gasteiger partial charge on any atom is 0.336 e. The molecular formula is C13H12O6. The molecule has 0 aromatic heterocycles. The van der Waals surface area contributed by atoms with Gasteiger partial charge in [0.15, 0.2) is 0 Å². The average molecular weight is 264 g/mol. The largest absolute Gasteiger partial charge is 0.478 e. The van der Waals surface area contributed by atoms with Gasteiger partial charge in [-0.2, -0.15) is 0 Å². The van der Waals surface area contributed by atoms with Gasteiger partial charge in [0, 0.05) is 12.2 Å². The van der Waals surface area contributed by atoms with E-state index in [1.54, 1.807) is 6.92 Å². The molecule has 1 N–H and O–H groups in total. The number of benzene rings is 1. The van der Waals surface area contributed by atoms with Crippen molar-refractivity contribution in [1.29, 1.82) is 0 Å². The van der Waals surface area contributed by atoms with Crippen LogP contribution < -0.4 is 4.74 Å². The number of ether oxygens (including phenoxy) is 2. The van der Waals surface area contributed by atoms with E-state index in [9.17, 15) is 14.4 Å². The zero-order chi connectivity index (χ0) is 14.3. The summed E-state index contributed by atoms with van der Waals surface area (Å²) < 4.78 is 9.42. The molecule has 6 nitrogen and oxygen atoms in total. The minimum absolute atomic E-state index is 0.000303. The van der Waals surface area contributed by atoms with Crippen LogP contribution >= 0.6 is 0 Å². The Morgan fingerprint density at radius 2 is 1.89 bits per heavy atom. The summed E-state index contributed by atoms with van der Waals surface area (Å²) in [4.78, 5) is 33.0. The van der Waals surface area contributed by atoms with Crippen molar-refractivity contribution in [2.75, 3.05) is 6.61 Å². The molecule has 0 amide bonds. The van der Waals surface area contributed by atoms with Gasteiger partial charge in [0.1, 0.15) is 5.75 Å². The van der Waals surface area contributed by atoms with Gasteiger partial charge in [-0.15, -0.1) is 0 Å². The van der Waals surface area contributed by atoms with Gasteiger partial charge in [-0.05, 0) is 25.1 Å². The number of carboxylic acid groups (broad SMARTS) is 1. The summed E-state index contributed by atoms with van der Waals surface area (Å²) in [6.07, 6.45) is 1.85. The fraction of sp³-hybridized carbons (Fsp3) is 0.154. The summed E-state index contributed by atoms with van der Waals surface area (Å²) in [7, 11) is 0. The minimum atomic E-state index is -1.13. The van der Waals surface area contributed by atoms with E-state index in [4.69, 9.17) is 9.84 Å². The first-order valence-corrected chi connectivity index (χ1v) is 5.43. The SMILES string of the molecule is CCOC(=O)/C=C/C(=O)Oc1cccc(C(=O)O)c1. The predicted molar refractivity (Wildman–Crippen MR) is 64.8 cm³/mol. The van der Waals surface area contributed by atoms with Crippen LogP contribution in [-0.4, -0.2) is 29.6 Å². The van der Waals surface area contributed by atoms with Crippen molar-refractivity contribution in [1.82, 2.24) is 0 Å². The third-order valence-corrected chi connectivity index (χ3v) is 1.94. The highest BCUT2D eigenvalue weighted by molar-refractivity contribution is 5.93. The van der Waals surface area contributed by atoms with Crippen LogP contribution in [0.15, 0.2) is 36.4 Å². The fourth-order valence-electron chi connectivity index (χ4n) is 1.17. The second-order valence-electron chi connectivity index (χ2n) is 3.34. The van der Waals surface area contributed by atoms with Crippen LogP contribution in [0.1, 0.15) is 17.3 Å². The standard InChI is InChI=1S/C13H12O6/c1-2-18-11(14)6-7-12(15)19-10-5-3-4-9(8-10)13(16)17/h3-8H,2H2,1H3,(H,16,17)/b7-6+. The Kier molecular flexibility index (Phi) is 5.28. The molecule has 0 bridgehead atoms. The van der Waals surface area contributed by atoms with Crippen LogP contribution in [0.4, 0.5) is 0 Å². The van der Waals surface area contributed by atoms with Crippen LogP contribution in [0.5, 0.6) is 5.75 Å². The van der Waals surface area contributed by atoms with E-state index in [0.29, 0.717) is 0 Å². The third kappa shape index (κ3) is 5.03. The maximum absolute atomic E-state index is 11.3. The number of carboxylic acids is 1. The first-order chi connectivity index (χ1) is 9.02. The van der Waals surface area contributed by atoms with Gasteiger partial charge in [-0.3, -0.25) is 0 Å². The number of hydrogen-bond donors (Lipinski definition) is 1. The molecular weight excluding hydrogens is 252 g/mol. The van der Waals surface area contributed by atoms with Crippen LogP contribution in [0, 0.1) is 0 Å². The van der Waals surface area contributed by atoms with E-state index in [0.717, 1.165) is 12.2 Å². The van der Waals surface area contributed by atoms with Gasteiger partial charge >= 0.3 is 17.9 Å². The highest BCUT2D eigenvalue weighted by Crippen LogP contribution is 2.13. The monoisotopic (exact) mass is 264 g/mol. The molecule has 0 atom stereocenters. The van der Waals surface area contributed by atoms with Crippen molar-refractivity contribution in [2.24, 2.45) is 0 Å². The van der Waals surface area contributed by atoms with E-state index in [2.05, 4.69) is 4.74 Å². The maximum atomic E-state index is 11.3. The van der Waals surface area contributed by atoms with E-state index >= 15 is 0 Å². The summed E-state index contributed by atoms with van der Waals surface area (Å²) >= 11 is 0. The molecule has 0 saturated carbocycles. The average Bonchev–Trinajstić information content (AvgIpc) is 2.37. The number of carbonyl (C=O) groups excluding carboxylic acids is 2. The van der Waals surface area contributed by atoms with Gasteiger partial charge in [-0.1, -0.05) is 6.07 Å². The van der Waals surface area contributed by atoms with Gasteiger partial charge in [0.2, 0.25) is 0 Å². The number of carbonyl (C=O) groups is 3. The smallest absolute Gasteiger partial charge is 0.336 e. The Balaban J connectivity index is 2.64. The van der Waals surface area contributed by atoms with E-state index in [1.165, 1.54) is 24.3 Å². The number of rotatable bonds is 5. The molecule has 0 aliphatic carbocycles. The highest BCUT2D eigenvalue weighted by atomic mass is 16.5. The molecule has 1 rings (SSSR count). The molecule has 0 spiro atoms. The molecule has 100 valence electrons. The molecule has 0 unspecified atom stereocenters. The molecule has 19 heavy (non-hydrogen) atoms. The van der Waals surface area contributed by atoms with E-state index in [1.807, 2.05) is 0 Å². The van der Waals surface area contributed by atoms with Crippen molar-refractivity contribution in [3.8, 4) is 5.75 Å². The quantitative estimate of drug-likeness (QED) is 0.491. The molecule has 0 aliphatic heterocycles. The summed E-state index contributed by atoms with van der Waals surface area (Å²) in [6, 6.07) is 5.45. The lowest BCUT2D eigenvalue weighted by atomic mass is 10.2. The first-order valence-electron chi connectivity index (χ1n) is 5.43. The fourth-order valence-corrected chi connectivity index (χ4v) is 1.17. The summed E-state index contributed by atoms with van der Waals surface area (Å²) in [6.45, 7) is 1.85. The number of hydrogen-bond acceptors (Lipinski definition) is 5. The lowest BCUT2D eigenvalue weighted by Gasteiger charge is -2.02. The van der Waals surface area contributed by atoms with Gasteiger partial charge in [0.05, 0.1) is 12.2 Å². The van der Waals surface area contributed by atoms with E-state index < -0.39 is 17.9 Å². The number of esters is 2. The van der Waals surface area contributed by atoms with Crippen LogP contribution in [0.3, 0.4) is 0 Å². The van der Waals surface area contributed by atoms with Gasteiger partial charge in [-0.25, -0.2) is 14.4 Å². The Morgan fingerprint density at radius 1 is 1.21 bits per heavy atom. The minimum Gasteiger partial charge on any atom is -0.478 e. The van der Waals surface area contributed by atoms with Crippen LogP contribution in [0.25, 0.3) is 0 Å². The molecule has 6 heteroatoms. The molecule has 0 fully saturated rings. The van der Waals surface area contributed by atoms with Crippen LogP contribution in [-0.2, 0) is 14.3 Å². The van der Waals surface area contributed by atoms with Crippen molar-refractivity contribution < 1.29 is 29.0 Å². The first kappa shape index (κ1) is 14.4. The second-order valence-corrected chi connectivity index (χ2v) is 3.34. The van der Waals surface area contributed by atoms with Gasteiger partial charge < -0.3 is 14.6 Å². The second kappa shape index (κ2) is 6.95. The Morgan fingerprint density at radius 3 is 2.53 bits per heavy atom. The third-order valence-electron chi connectivity index (χ3n) is 1.94. The Bertz CT molecular complexity index is 518. The van der Waals surface area contributed by atoms with Crippen molar-refractivity contribution >= 4 is 17.9 Å². The zero-order valence-electron chi connectivity index (χ0n) is 10.2. The molecule has 0 saturated heterocycles. The molecule has 0 heterocycles. The topological polar surface area (TPSA) is 89.9 Å². The zero-order valence-corrected chi connectivity index (χ0v) is 10.2. The lowest BCUT2D eigenvalue weighted by molar-refractivity contribution is -0.138. The highest BCUT2D eigenvalue weighted by Gasteiger charge is 2.06. The van der Waals surface area contributed by atoms with Crippen molar-refractivity contribution in [2.45, 2.75) is 6.92 Å². The van der Waals surface area contributed by atoms with Crippen molar-refractivity contribution in [3.63, 3.8) is 0 Å². The summed E-state index contributed by atoms with van der Waals surface area (Å²) in [5.41, 5.74) is -0.000303. The molecule has 1 aromatic carbocycles. The summed E-state index contributed by atoms with van der Waals surface area (Å²) in [5, 5.41) is 8.76. The summed E-state index contributed by atoms with van der Waals surface area (Å²) in [5.74, 6) is -2.49. The molecule has 1 aromatic rings. The molecule has 0 radical (unpaired) electrons. The Labute approximate surface area is 109 Å². The Hall–Kier alpha value is -2.63. The van der Waals surface area contributed by atoms with Crippen molar-refractivity contribution in [3.05, 3.63) is 42.0 Å². The number of aromatic carboxylic acids is 1.